The molecule has 0 aliphatic carbocycles. The standard InChI is InChI=1S/C14H20BrFO/c1-3-5-12(15)7-4-6-11-8-9-14(17-2)13(16)10-11/h8-10,12H,3-7H2,1-2H3. The van der Waals surface area contributed by atoms with Crippen LogP contribution >= 0.6 is 15.9 Å². The lowest BCUT2D eigenvalue weighted by molar-refractivity contribution is 0.386. The lowest BCUT2D eigenvalue weighted by Crippen LogP contribution is -1.98. The third-order valence-corrected chi connectivity index (χ3v) is 3.72. The molecule has 0 spiro atoms. The average molecular weight is 303 g/mol. The van der Waals surface area contributed by atoms with E-state index < -0.39 is 0 Å². The second kappa shape index (κ2) is 7.70. The fourth-order valence-corrected chi connectivity index (χ4v) is 2.63. The smallest absolute Gasteiger partial charge is 0.165 e. The Hall–Kier alpha value is -0.570. The lowest BCUT2D eigenvalue weighted by Gasteiger charge is -2.08. The Bertz CT molecular complexity index is 341. The molecule has 96 valence electrons. The van der Waals surface area contributed by atoms with Crippen LogP contribution in [0.2, 0.25) is 0 Å². The number of aryl methyl sites for hydroxylation is 1. The van der Waals surface area contributed by atoms with Crippen molar-refractivity contribution >= 4 is 15.9 Å². The molecule has 1 nitrogen and oxygen atoms in total. The Morgan fingerprint density at radius 2 is 2.12 bits per heavy atom. The van der Waals surface area contributed by atoms with Gasteiger partial charge in [-0.05, 0) is 43.4 Å². The highest BCUT2D eigenvalue weighted by Crippen LogP contribution is 2.20. The fraction of sp³-hybridized carbons (Fsp3) is 0.571. The van der Waals surface area contributed by atoms with Gasteiger partial charge >= 0.3 is 0 Å². The van der Waals surface area contributed by atoms with E-state index in [2.05, 4.69) is 22.9 Å². The van der Waals surface area contributed by atoms with Gasteiger partial charge in [0.05, 0.1) is 7.11 Å². The summed E-state index contributed by atoms with van der Waals surface area (Å²) in [6, 6.07) is 5.20. The zero-order valence-corrected chi connectivity index (χ0v) is 12.1. The molecule has 0 aromatic heterocycles. The van der Waals surface area contributed by atoms with Crippen LogP contribution in [-0.2, 0) is 6.42 Å². The van der Waals surface area contributed by atoms with Crippen LogP contribution in [0, 0.1) is 5.82 Å². The van der Waals surface area contributed by atoms with Crippen LogP contribution < -0.4 is 4.74 Å². The van der Waals surface area contributed by atoms with Gasteiger partial charge < -0.3 is 4.74 Å². The number of alkyl halides is 1. The summed E-state index contributed by atoms with van der Waals surface area (Å²) in [5, 5.41) is 0. The van der Waals surface area contributed by atoms with E-state index >= 15 is 0 Å². The molecule has 0 heterocycles. The first-order valence-corrected chi connectivity index (χ1v) is 7.05. The number of benzene rings is 1. The average Bonchev–Trinajstić information content (AvgIpc) is 2.29. The second-order valence-electron chi connectivity index (χ2n) is 4.25. The van der Waals surface area contributed by atoms with Crippen LogP contribution in [0.3, 0.4) is 0 Å². The van der Waals surface area contributed by atoms with Gasteiger partial charge in [0, 0.05) is 4.83 Å². The van der Waals surface area contributed by atoms with E-state index in [0.717, 1.165) is 24.8 Å². The van der Waals surface area contributed by atoms with E-state index in [9.17, 15) is 4.39 Å². The Morgan fingerprint density at radius 1 is 1.35 bits per heavy atom. The molecule has 17 heavy (non-hydrogen) atoms. The fourth-order valence-electron chi connectivity index (χ4n) is 1.85. The van der Waals surface area contributed by atoms with Crippen molar-refractivity contribution in [3.05, 3.63) is 29.6 Å². The molecule has 0 saturated carbocycles. The van der Waals surface area contributed by atoms with Crippen LogP contribution in [0.15, 0.2) is 18.2 Å². The van der Waals surface area contributed by atoms with Gasteiger partial charge in [-0.3, -0.25) is 0 Å². The normalized spacial score (nSPS) is 12.5. The van der Waals surface area contributed by atoms with Gasteiger partial charge in [-0.2, -0.15) is 0 Å². The molecule has 1 rings (SSSR count). The van der Waals surface area contributed by atoms with Crippen molar-refractivity contribution in [3.8, 4) is 5.75 Å². The number of hydrogen-bond acceptors (Lipinski definition) is 1. The second-order valence-corrected chi connectivity index (χ2v) is 5.54. The molecule has 0 aliphatic heterocycles. The van der Waals surface area contributed by atoms with Crippen molar-refractivity contribution in [2.24, 2.45) is 0 Å². The summed E-state index contributed by atoms with van der Waals surface area (Å²) in [6.45, 7) is 2.19. The first-order chi connectivity index (χ1) is 8.17. The molecule has 1 aromatic carbocycles. The monoisotopic (exact) mass is 302 g/mol. The topological polar surface area (TPSA) is 9.23 Å². The summed E-state index contributed by atoms with van der Waals surface area (Å²) in [4.78, 5) is 0.593. The van der Waals surface area contributed by atoms with Gasteiger partial charge in [0.25, 0.3) is 0 Å². The van der Waals surface area contributed by atoms with E-state index in [-0.39, 0.29) is 5.82 Å². The largest absolute Gasteiger partial charge is 0.494 e. The number of hydrogen-bond donors (Lipinski definition) is 0. The predicted octanol–water partition coefficient (Wildman–Crippen LogP) is 4.72. The van der Waals surface area contributed by atoms with Crippen molar-refractivity contribution in [2.75, 3.05) is 7.11 Å². The molecule has 1 aromatic rings. The minimum atomic E-state index is -0.269. The van der Waals surface area contributed by atoms with Crippen molar-refractivity contribution in [1.82, 2.24) is 0 Å². The molecule has 0 fully saturated rings. The molecule has 0 bridgehead atoms. The van der Waals surface area contributed by atoms with E-state index in [1.54, 1.807) is 12.1 Å². The third-order valence-electron chi connectivity index (χ3n) is 2.80. The van der Waals surface area contributed by atoms with Crippen molar-refractivity contribution in [1.29, 1.82) is 0 Å². The molecular formula is C14H20BrFO. The van der Waals surface area contributed by atoms with Crippen molar-refractivity contribution < 1.29 is 9.13 Å². The van der Waals surface area contributed by atoms with Gasteiger partial charge in [-0.15, -0.1) is 0 Å². The molecule has 3 heteroatoms. The Balaban J connectivity index is 2.39. The molecule has 0 aliphatic rings. The highest BCUT2D eigenvalue weighted by Gasteiger charge is 2.05. The molecule has 1 unspecified atom stereocenters. The number of halogens is 2. The van der Waals surface area contributed by atoms with E-state index in [0.29, 0.717) is 10.6 Å². The molecule has 0 amide bonds. The molecular weight excluding hydrogens is 283 g/mol. The maximum Gasteiger partial charge on any atom is 0.165 e. The van der Waals surface area contributed by atoms with E-state index in [1.807, 2.05) is 6.07 Å². The summed E-state index contributed by atoms with van der Waals surface area (Å²) in [5.74, 6) is 0.0482. The molecule has 0 radical (unpaired) electrons. The van der Waals surface area contributed by atoms with Crippen LogP contribution in [0.5, 0.6) is 5.75 Å². The number of ether oxygens (including phenoxy) is 1. The zero-order chi connectivity index (χ0) is 12.7. The highest BCUT2D eigenvalue weighted by molar-refractivity contribution is 9.09. The van der Waals surface area contributed by atoms with Crippen LogP contribution in [0.1, 0.15) is 38.2 Å². The Kier molecular flexibility index (Phi) is 6.56. The highest BCUT2D eigenvalue weighted by atomic mass is 79.9. The van der Waals surface area contributed by atoms with E-state index in [1.165, 1.54) is 20.0 Å². The quantitative estimate of drug-likeness (QED) is 0.662. The van der Waals surface area contributed by atoms with Gasteiger partial charge in [0.2, 0.25) is 0 Å². The van der Waals surface area contributed by atoms with Crippen LogP contribution in [0.4, 0.5) is 4.39 Å². The van der Waals surface area contributed by atoms with Gasteiger partial charge in [-0.25, -0.2) is 4.39 Å². The van der Waals surface area contributed by atoms with Gasteiger partial charge in [0.15, 0.2) is 11.6 Å². The Labute approximate surface area is 111 Å². The van der Waals surface area contributed by atoms with E-state index in [4.69, 9.17) is 4.74 Å². The minimum absolute atomic E-state index is 0.269. The summed E-state index contributed by atoms with van der Waals surface area (Å²) in [7, 11) is 1.48. The third kappa shape index (κ3) is 5.07. The van der Waals surface area contributed by atoms with Crippen LogP contribution in [-0.4, -0.2) is 11.9 Å². The van der Waals surface area contributed by atoms with Crippen LogP contribution in [0.25, 0.3) is 0 Å². The Morgan fingerprint density at radius 3 is 2.71 bits per heavy atom. The van der Waals surface area contributed by atoms with Crippen molar-refractivity contribution in [3.63, 3.8) is 0 Å². The lowest BCUT2D eigenvalue weighted by atomic mass is 10.1. The summed E-state index contributed by atoms with van der Waals surface area (Å²) < 4.78 is 18.3. The minimum Gasteiger partial charge on any atom is -0.494 e. The molecule has 0 N–H and O–H groups in total. The number of methoxy groups -OCH3 is 1. The SMILES string of the molecule is CCCC(Br)CCCc1ccc(OC)c(F)c1. The zero-order valence-electron chi connectivity index (χ0n) is 10.5. The summed E-state index contributed by atoms with van der Waals surface area (Å²) in [6.07, 6.45) is 5.56. The number of rotatable bonds is 7. The predicted molar refractivity (Wildman–Crippen MR) is 73.5 cm³/mol. The van der Waals surface area contributed by atoms with Gasteiger partial charge in [-0.1, -0.05) is 35.3 Å². The molecule has 0 saturated heterocycles. The summed E-state index contributed by atoms with van der Waals surface area (Å²) >= 11 is 3.65. The van der Waals surface area contributed by atoms with Crippen molar-refractivity contribution in [2.45, 2.75) is 43.9 Å². The summed E-state index contributed by atoms with van der Waals surface area (Å²) in [5.41, 5.74) is 1.04. The molecule has 1 atom stereocenters. The van der Waals surface area contributed by atoms with Gasteiger partial charge in [0.1, 0.15) is 0 Å². The first kappa shape index (κ1) is 14.5. The first-order valence-electron chi connectivity index (χ1n) is 6.13. The maximum atomic E-state index is 13.4. The maximum absolute atomic E-state index is 13.4.